The maximum atomic E-state index is 10.6. The Labute approximate surface area is 71.0 Å². The molecule has 0 heterocycles. The molecule has 0 rings (SSSR count). The molecule has 0 saturated carbocycles. The molecular formula is C7H14N2O3. The van der Waals surface area contributed by atoms with Crippen LogP contribution in [0.25, 0.3) is 0 Å². The number of nitrogens with two attached hydrogens (primary N) is 2. The van der Waals surface area contributed by atoms with Gasteiger partial charge >= 0.3 is 0 Å². The fraction of sp³-hybridized carbons (Fsp3) is 0.714. The van der Waals surface area contributed by atoms with Gasteiger partial charge in [0.1, 0.15) is 6.10 Å². The average molecular weight is 174 g/mol. The third-order valence-electron chi connectivity index (χ3n) is 1.49. The molecule has 5 heteroatoms. The van der Waals surface area contributed by atoms with Crippen molar-refractivity contribution in [3.63, 3.8) is 0 Å². The topological polar surface area (TPSA) is 95.4 Å². The van der Waals surface area contributed by atoms with Crippen LogP contribution >= 0.6 is 0 Å². The Hall–Kier alpha value is -1.10. The average Bonchev–Trinajstić information content (AvgIpc) is 1.96. The van der Waals surface area contributed by atoms with Crippen molar-refractivity contribution < 1.29 is 14.3 Å². The Morgan fingerprint density at radius 2 is 2.00 bits per heavy atom. The van der Waals surface area contributed by atoms with Gasteiger partial charge in [0.25, 0.3) is 0 Å². The van der Waals surface area contributed by atoms with Crippen molar-refractivity contribution in [3.05, 3.63) is 0 Å². The third kappa shape index (κ3) is 4.68. The number of hydrogen-bond donors (Lipinski definition) is 2. The third-order valence-corrected chi connectivity index (χ3v) is 1.49. The van der Waals surface area contributed by atoms with Gasteiger partial charge in [-0.15, -0.1) is 0 Å². The van der Waals surface area contributed by atoms with Gasteiger partial charge in [0, 0.05) is 13.5 Å². The smallest absolute Gasteiger partial charge is 0.246 e. The molecule has 0 aromatic heterocycles. The van der Waals surface area contributed by atoms with E-state index in [0.29, 0.717) is 12.8 Å². The van der Waals surface area contributed by atoms with Gasteiger partial charge in [0.05, 0.1) is 0 Å². The molecule has 1 unspecified atom stereocenters. The summed E-state index contributed by atoms with van der Waals surface area (Å²) in [5.74, 6) is -0.892. The van der Waals surface area contributed by atoms with E-state index in [1.165, 1.54) is 7.11 Å². The van der Waals surface area contributed by atoms with Gasteiger partial charge in [-0.3, -0.25) is 9.59 Å². The lowest BCUT2D eigenvalue weighted by atomic mass is 10.1. The van der Waals surface area contributed by atoms with Crippen molar-refractivity contribution in [1.29, 1.82) is 0 Å². The van der Waals surface area contributed by atoms with E-state index in [-0.39, 0.29) is 12.3 Å². The predicted molar refractivity (Wildman–Crippen MR) is 43.0 cm³/mol. The molecule has 0 aromatic rings. The summed E-state index contributed by atoms with van der Waals surface area (Å²) in [6.07, 6.45) is 0.614. The lowest BCUT2D eigenvalue weighted by molar-refractivity contribution is -0.128. The molecule has 4 N–H and O–H groups in total. The Morgan fingerprint density at radius 1 is 1.42 bits per heavy atom. The van der Waals surface area contributed by atoms with Gasteiger partial charge in [0.15, 0.2) is 0 Å². The highest BCUT2D eigenvalue weighted by Gasteiger charge is 2.13. The van der Waals surface area contributed by atoms with Gasteiger partial charge < -0.3 is 16.2 Å². The molecule has 0 saturated heterocycles. The van der Waals surface area contributed by atoms with Gasteiger partial charge in [-0.1, -0.05) is 0 Å². The minimum atomic E-state index is -0.607. The molecule has 0 fully saturated rings. The number of methoxy groups -OCH3 is 1. The fourth-order valence-electron chi connectivity index (χ4n) is 0.838. The first-order chi connectivity index (χ1) is 5.57. The van der Waals surface area contributed by atoms with E-state index in [4.69, 9.17) is 16.2 Å². The first-order valence-electron chi connectivity index (χ1n) is 3.68. The first kappa shape index (κ1) is 10.9. The monoisotopic (exact) mass is 174 g/mol. The van der Waals surface area contributed by atoms with Crippen LogP contribution in [-0.2, 0) is 14.3 Å². The van der Waals surface area contributed by atoms with Crippen molar-refractivity contribution in [3.8, 4) is 0 Å². The van der Waals surface area contributed by atoms with Crippen LogP contribution in [0, 0.1) is 0 Å². The normalized spacial score (nSPS) is 12.4. The van der Waals surface area contributed by atoms with Crippen LogP contribution in [-0.4, -0.2) is 25.0 Å². The summed E-state index contributed by atoms with van der Waals surface area (Å²) in [6, 6.07) is 0. The van der Waals surface area contributed by atoms with Crippen LogP contribution < -0.4 is 11.5 Å². The zero-order valence-corrected chi connectivity index (χ0v) is 7.08. The summed E-state index contributed by atoms with van der Waals surface area (Å²) < 4.78 is 4.77. The van der Waals surface area contributed by atoms with E-state index in [0.717, 1.165) is 0 Å². The summed E-state index contributed by atoms with van der Waals surface area (Å²) in [5.41, 5.74) is 9.88. The fourth-order valence-corrected chi connectivity index (χ4v) is 0.838. The molecule has 0 spiro atoms. The highest BCUT2D eigenvalue weighted by molar-refractivity contribution is 5.79. The molecule has 0 radical (unpaired) electrons. The summed E-state index contributed by atoms with van der Waals surface area (Å²) in [6.45, 7) is 0. The summed E-state index contributed by atoms with van der Waals surface area (Å²) in [5, 5.41) is 0. The largest absolute Gasteiger partial charge is 0.372 e. The molecule has 12 heavy (non-hydrogen) atoms. The molecule has 0 aliphatic rings. The Kier molecular flexibility index (Phi) is 5.03. The quantitative estimate of drug-likeness (QED) is 0.548. The highest BCUT2D eigenvalue weighted by atomic mass is 16.5. The standard InChI is InChI=1S/C7H14N2O3/c1-12-5(7(9)11)3-2-4-6(8)10/h5H,2-4H2,1H3,(H2,8,10)(H2,9,11). The lowest BCUT2D eigenvalue weighted by Gasteiger charge is -2.09. The Balaban J connectivity index is 3.59. The molecule has 0 aromatic carbocycles. The minimum absolute atomic E-state index is 0.257. The van der Waals surface area contributed by atoms with Crippen LogP contribution in [0.15, 0.2) is 0 Å². The summed E-state index contributed by atoms with van der Waals surface area (Å²) in [7, 11) is 1.40. The number of carbonyl (C=O) groups is 2. The van der Waals surface area contributed by atoms with Gasteiger partial charge in [-0.05, 0) is 12.8 Å². The summed E-state index contributed by atoms with van der Waals surface area (Å²) >= 11 is 0. The molecule has 1 atom stereocenters. The number of rotatable bonds is 6. The van der Waals surface area contributed by atoms with Crippen LogP contribution in [0.4, 0.5) is 0 Å². The molecule has 0 aliphatic heterocycles. The van der Waals surface area contributed by atoms with Crippen molar-refractivity contribution >= 4 is 11.8 Å². The van der Waals surface area contributed by atoms with Crippen LogP contribution in [0.1, 0.15) is 19.3 Å². The van der Waals surface area contributed by atoms with Crippen LogP contribution in [0.3, 0.4) is 0 Å². The van der Waals surface area contributed by atoms with Crippen molar-refractivity contribution in [2.45, 2.75) is 25.4 Å². The highest BCUT2D eigenvalue weighted by Crippen LogP contribution is 2.02. The van der Waals surface area contributed by atoms with Crippen molar-refractivity contribution in [2.24, 2.45) is 11.5 Å². The van der Waals surface area contributed by atoms with Crippen LogP contribution in [0.2, 0.25) is 0 Å². The van der Waals surface area contributed by atoms with Gasteiger partial charge in [-0.2, -0.15) is 0 Å². The van der Waals surface area contributed by atoms with E-state index in [9.17, 15) is 9.59 Å². The molecule has 2 amide bonds. The van der Waals surface area contributed by atoms with Gasteiger partial charge in [-0.25, -0.2) is 0 Å². The number of carbonyl (C=O) groups excluding carboxylic acids is 2. The maximum Gasteiger partial charge on any atom is 0.246 e. The van der Waals surface area contributed by atoms with Crippen LogP contribution in [0.5, 0.6) is 0 Å². The second-order valence-electron chi connectivity index (χ2n) is 2.49. The van der Waals surface area contributed by atoms with E-state index >= 15 is 0 Å². The molecular weight excluding hydrogens is 160 g/mol. The number of hydrogen-bond acceptors (Lipinski definition) is 3. The number of ether oxygens (including phenoxy) is 1. The Morgan fingerprint density at radius 3 is 2.33 bits per heavy atom. The Bertz CT molecular complexity index is 170. The SMILES string of the molecule is COC(CCCC(N)=O)C(N)=O. The summed E-state index contributed by atoms with van der Waals surface area (Å²) in [4.78, 5) is 20.9. The second-order valence-corrected chi connectivity index (χ2v) is 2.49. The zero-order chi connectivity index (χ0) is 9.56. The predicted octanol–water partition coefficient (Wildman–Crippen LogP) is -0.858. The second kappa shape index (κ2) is 5.54. The number of primary amides is 2. The molecule has 70 valence electrons. The van der Waals surface area contributed by atoms with E-state index in [1.54, 1.807) is 0 Å². The lowest BCUT2D eigenvalue weighted by Crippen LogP contribution is -2.30. The van der Waals surface area contributed by atoms with Gasteiger partial charge in [0.2, 0.25) is 11.8 Å². The zero-order valence-electron chi connectivity index (χ0n) is 7.08. The molecule has 0 bridgehead atoms. The minimum Gasteiger partial charge on any atom is -0.372 e. The van der Waals surface area contributed by atoms with Crippen molar-refractivity contribution in [2.75, 3.05) is 7.11 Å². The maximum absolute atomic E-state index is 10.6. The van der Waals surface area contributed by atoms with Crippen molar-refractivity contribution in [1.82, 2.24) is 0 Å². The molecule has 5 nitrogen and oxygen atoms in total. The first-order valence-corrected chi connectivity index (χ1v) is 3.68. The van der Waals surface area contributed by atoms with E-state index in [2.05, 4.69) is 0 Å². The molecule has 0 aliphatic carbocycles. The van der Waals surface area contributed by atoms with E-state index in [1.807, 2.05) is 0 Å². The van der Waals surface area contributed by atoms with E-state index < -0.39 is 12.0 Å². The number of amides is 2.